The van der Waals surface area contributed by atoms with Crippen LogP contribution in [0, 0.1) is 0 Å². The molecule has 3 rings (SSSR count). The number of hydrogen-bond acceptors (Lipinski definition) is 6. The molecular weight excluding hydrogens is 266 g/mol. The van der Waals surface area contributed by atoms with Crippen LogP contribution in [-0.2, 0) is 4.74 Å². The van der Waals surface area contributed by atoms with Crippen molar-refractivity contribution in [1.82, 2.24) is 14.8 Å². The fourth-order valence-electron chi connectivity index (χ4n) is 2.92. The summed E-state index contributed by atoms with van der Waals surface area (Å²) in [5, 5.41) is 0. The first kappa shape index (κ1) is 14.6. The summed E-state index contributed by atoms with van der Waals surface area (Å²) in [6.07, 6.45) is 1.87. The predicted octanol–water partition coefficient (Wildman–Crippen LogP) is 0.118. The molecule has 0 bridgehead atoms. The predicted molar refractivity (Wildman–Crippen MR) is 84.6 cm³/mol. The van der Waals surface area contributed by atoms with Crippen LogP contribution in [0.5, 0.6) is 0 Å². The molecule has 0 aromatic carbocycles. The van der Waals surface area contributed by atoms with Gasteiger partial charge in [0.15, 0.2) is 0 Å². The summed E-state index contributed by atoms with van der Waals surface area (Å²) in [7, 11) is 0. The number of morpholine rings is 1. The van der Waals surface area contributed by atoms with Crippen LogP contribution in [0.25, 0.3) is 0 Å². The van der Waals surface area contributed by atoms with E-state index >= 15 is 0 Å². The molecule has 21 heavy (non-hydrogen) atoms. The number of nitrogen functional groups attached to an aromatic ring is 1. The number of nitrogens with zero attached hydrogens (tertiary/aromatic N) is 4. The summed E-state index contributed by atoms with van der Waals surface area (Å²) in [5.74, 6) is 0.586. The van der Waals surface area contributed by atoms with Gasteiger partial charge in [-0.3, -0.25) is 9.80 Å². The van der Waals surface area contributed by atoms with Crippen molar-refractivity contribution in [2.24, 2.45) is 0 Å². The largest absolute Gasteiger partial charge is 0.384 e. The molecule has 6 heteroatoms. The van der Waals surface area contributed by atoms with Crippen molar-refractivity contribution in [1.29, 1.82) is 0 Å². The highest BCUT2D eigenvalue weighted by atomic mass is 16.5. The van der Waals surface area contributed by atoms with Crippen LogP contribution >= 0.6 is 0 Å². The minimum Gasteiger partial charge on any atom is -0.384 e. The van der Waals surface area contributed by atoms with E-state index in [1.54, 1.807) is 0 Å². The van der Waals surface area contributed by atoms with E-state index in [-0.39, 0.29) is 0 Å². The van der Waals surface area contributed by atoms with Crippen molar-refractivity contribution < 1.29 is 4.74 Å². The third kappa shape index (κ3) is 4.06. The molecule has 2 saturated heterocycles. The second kappa shape index (κ2) is 7.06. The Balaban J connectivity index is 1.41. The monoisotopic (exact) mass is 291 g/mol. The summed E-state index contributed by atoms with van der Waals surface area (Å²) in [6.45, 7) is 10.6. The lowest BCUT2D eigenvalue weighted by atomic mass is 10.2. The Morgan fingerprint density at radius 1 is 0.952 bits per heavy atom. The first-order valence-corrected chi connectivity index (χ1v) is 7.80. The number of pyridine rings is 1. The Bertz CT molecular complexity index is 424. The highest BCUT2D eigenvalue weighted by Gasteiger charge is 2.18. The molecule has 1 aromatic rings. The fourth-order valence-corrected chi connectivity index (χ4v) is 2.92. The van der Waals surface area contributed by atoms with Crippen molar-refractivity contribution in [3.8, 4) is 0 Å². The molecule has 116 valence electrons. The van der Waals surface area contributed by atoms with E-state index in [1.165, 1.54) is 5.69 Å². The van der Waals surface area contributed by atoms with E-state index < -0.39 is 0 Å². The summed E-state index contributed by atoms with van der Waals surface area (Å²) < 4.78 is 5.39. The summed E-state index contributed by atoms with van der Waals surface area (Å²) in [4.78, 5) is 11.6. The van der Waals surface area contributed by atoms with Crippen molar-refractivity contribution >= 4 is 11.5 Å². The Hall–Kier alpha value is -1.37. The lowest BCUT2D eigenvalue weighted by Crippen LogP contribution is -2.49. The molecule has 2 aliphatic heterocycles. The highest BCUT2D eigenvalue weighted by molar-refractivity contribution is 5.48. The fraction of sp³-hybridized carbons (Fsp3) is 0.667. The number of ether oxygens (including phenoxy) is 1. The minimum absolute atomic E-state index is 0.586. The van der Waals surface area contributed by atoms with Crippen molar-refractivity contribution in [2.45, 2.75) is 0 Å². The van der Waals surface area contributed by atoms with E-state index in [0.717, 1.165) is 65.6 Å². The summed E-state index contributed by atoms with van der Waals surface area (Å²) >= 11 is 0. The zero-order valence-electron chi connectivity index (χ0n) is 12.6. The Morgan fingerprint density at radius 3 is 2.24 bits per heavy atom. The Morgan fingerprint density at radius 2 is 1.62 bits per heavy atom. The maximum Gasteiger partial charge on any atom is 0.123 e. The Kier molecular flexibility index (Phi) is 4.90. The molecular formula is C15H25N5O. The maximum atomic E-state index is 5.64. The molecule has 0 amide bonds. The zero-order chi connectivity index (χ0) is 14.5. The highest BCUT2D eigenvalue weighted by Crippen LogP contribution is 2.16. The molecule has 2 aliphatic rings. The van der Waals surface area contributed by atoms with Gasteiger partial charge >= 0.3 is 0 Å². The van der Waals surface area contributed by atoms with Gasteiger partial charge in [-0.25, -0.2) is 4.98 Å². The van der Waals surface area contributed by atoms with Gasteiger partial charge in [0.1, 0.15) is 5.82 Å². The Labute approximate surface area is 126 Å². The lowest BCUT2D eigenvalue weighted by molar-refractivity contribution is 0.0331. The molecule has 0 spiro atoms. The van der Waals surface area contributed by atoms with E-state index in [0.29, 0.717) is 5.82 Å². The van der Waals surface area contributed by atoms with Gasteiger partial charge in [0.25, 0.3) is 0 Å². The molecule has 1 aromatic heterocycles. The number of piperazine rings is 1. The molecule has 0 aliphatic carbocycles. The topological polar surface area (TPSA) is 57.9 Å². The first-order chi connectivity index (χ1) is 10.3. The number of rotatable bonds is 4. The average molecular weight is 291 g/mol. The van der Waals surface area contributed by atoms with Gasteiger partial charge < -0.3 is 15.4 Å². The van der Waals surface area contributed by atoms with Crippen LogP contribution in [0.4, 0.5) is 11.5 Å². The average Bonchev–Trinajstić information content (AvgIpc) is 2.55. The second-order valence-electron chi connectivity index (χ2n) is 5.72. The third-order valence-corrected chi connectivity index (χ3v) is 4.34. The van der Waals surface area contributed by atoms with Gasteiger partial charge in [0, 0.05) is 52.4 Å². The molecule has 0 atom stereocenters. The van der Waals surface area contributed by atoms with Crippen LogP contribution in [0.3, 0.4) is 0 Å². The van der Waals surface area contributed by atoms with Crippen LogP contribution in [0.15, 0.2) is 18.3 Å². The molecule has 2 N–H and O–H groups in total. The van der Waals surface area contributed by atoms with Crippen LogP contribution < -0.4 is 10.6 Å². The smallest absolute Gasteiger partial charge is 0.123 e. The molecule has 0 unspecified atom stereocenters. The standard InChI is InChI=1S/C15H25N5O/c16-15-2-1-14(13-17-15)20-7-5-18(6-8-20)3-4-19-9-11-21-12-10-19/h1-2,13H,3-12H2,(H2,16,17). The van der Waals surface area contributed by atoms with Crippen LogP contribution in [0.1, 0.15) is 0 Å². The van der Waals surface area contributed by atoms with Gasteiger partial charge in [-0.1, -0.05) is 0 Å². The van der Waals surface area contributed by atoms with Crippen molar-refractivity contribution in [2.75, 3.05) is 76.2 Å². The number of anilines is 2. The zero-order valence-corrected chi connectivity index (χ0v) is 12.6. The number of hydrogen-bond donors (Lipinski definition) is 1. The van der Waals surface area contributed by atoms with E-state index in [2.05, 4.69) is 25.8 Å². The second-order valence-corrected chi connectivity index (χ2v) is 5.72. The summed E-state index contributed by atoms with van der Waals surface area (Å²) in [5.41, 5.74) is 6.82. The molecule has 2 fully saturated rings. The van der Waals surface area contributed by atoms with E-state index in [9.17, 15) is 0 Å². The van der Waals surface area contributed by atoms with Crippen molar-refractivity contribution in [3.05, 3.63) is 18.3 Å². The molecule has 3 heterocycles. The normalized spacial score (nSPS) is 21.6. The quantitative estimate of drug-likeness (QED) is 0.850. The third-order valence-electron chi connectivity index (χ3n) is 4.34. The summed E-state index contributed by atoms with van der Waals surface area (Å²) in [6, 6.07) is 3.94. The minimum atomic E-state index is 0.586. The first-order valence-electron chi connectivity index (χ1n) is 7.80. The van der Waals surface area contributed by atoms with Gasteiger partial charge in [0.2, 0.25) is 0 Å². The number of aromatic nitrogens is 1. The van der Waals surface area contributed by atoms with Gasteiger partial charge in [-0.2, -0.15) is 0 Å². The number of nitrogens with two attached hydrogens (primary N) is 1. The lowest BCUT2D eigenvalue weighted by Gasteiger charge is -2.37. The molecule has 0 radical (unpaired) electrons. The van der Waals surface area contributed by atoms with Crippen LogP contribution in [-0.4, -0.2) is 80.4 Å². The van der Waals surface area contributed by atoms with E-state index in [4.69, 9.17) is 10.5 Å². The maximum absolute atomic E-state index is 5.64. The van der Waals surface area contributed by atoms with Gasteiger partial charge in [-0.05, 0) is 12.1 Å². The van der Waals surface area contributed by atoms with Crippen LogP contribution in [0.2, 0.25) is 0 Å². The SMILES string of the molecule is Nc1ccc(N2CCN(CCN3CCOCC3)CC2)cn1. The molecule has 6 nitrogen and oxygen atoms in total. The van der Waals surface area contributed by atoms with Gasteiger partial charge in [-0.15, -0.1) is 0 Å². The van der Waals surface area contributed by atoms with E-state index in [1.807, 2.05) is 12.3 Å². The molecule has 0 saturated carbocycles. The van der Waals surface area contributed by atoms with Crippen molar-refractivity contribution in [3.63, 3.8) is 0 Å². The van der Waals surface area contributed by atoms with Gasteiger partial charge in [0.05, 0.1) is 25.1 Å².